The van der Waals surface area contributed by atoms with Gasteiger partial charge in [0.05, 0.1) is 22.8 Å². The van der Waals surface area contributed by atoms with E-state index in [9.17, 15) is 18.0 Å². The highest BCUT2D eigenvalue weighted by molar-refractivity contribution is 14.1. The quantitative estimate of drug-likeness (QED) is 0.320. The van der Waals surface area contributed by atoms with E-state index in [1.54, 1.807) is 34.7 Å². The number of rotatable bonds is 4. The van der Waals surface area contributed by atoms with E-state index in [1.807, 2.05) is 0 Å². The minimum atomic E-state index is -4.56. The SMILES string of the molecule is COc1c(Br)cc(Br)cc1C=CC(=O)Nc1ccc(I)cc1C(F)(F)F. The van der Waals surface area contributed by atoms with Crippen molar-refractivity contribution in [2.45, 2.75) is 6.18 Å². The van der Waals surface area contributed by atoms with Gasteiger partial charge in [-0.15, -0.1) is 0 Å². The van der Waals surface area contributed by atoms with Crippen LogP contribution in [0.5, 0.6) is 5.75 Å². The number of nitrogens with one attached hydrogen (secondary N) is 1. The first kappa shape index (κ1) is 21.2. The number of amides is 1. The summed E-state index contributed by atoms with van der Waals surface area (Å²) in [6.45, 7) is 0. The first-order chi connectivity index (χ1) is 12.1. The summed E-state index contributed by atoms with van der Waals surface area (Å²) >= 11 is 8.46. The van der Waals surface area contributed by atoms with Gasteiger partial charge in [0.1, 0.15) is 5.75 Å². The molecule has 0 atom stereocenters. The zero-order chi connectivity index (χ0) is 19.5. The predicted molar refractivity (Wildman–Crippen MR) is 110 cm³/mol. The van der Waals surface area contributed by atoms with Crippen molar-refractivity contribution in [3.05, 3.63) is 60.1 Å². The zero-order valence-corrected chi connectivity index (χ0v) is 18.5. The minimum Gasteiger partial charge on any atom is -0.495 e. The Kier molecular flexibility index (Phi) is 7.14. The molecule has 26 heavy (non-hydrogen) atoms. The molecule has 0 aliphatic heterocycles. The lowest BCUT2D eigenvalue weighted by Gasteiger charge is -2.13. The topological polar surface area (TPSA) is 38.3 Å². The van der Waals surface area contributed by atoms with Crippen molar-refractivity contribution < 1.29 is 22.7 Å². The molecule has 0 unspecified atom stereocenters. The van der Waals surface area contributed by atoms with Gasteiger partial charge in [-0.1, -0.05) is 15.9 Å². The predicted octanol–water partition coefficient (Wildman–Crippen LogP) is 6.50. The third-order valence-electron chi connectivity index (χ3n) is 3.20. The third-order valence-corrected chi connectivity index (χ3v) is 4.92. The lowest BCUT2D eigenvalue weighted by molar-refractivity contribution is -0.137. The second-order valence-corrected chi connectivity index (χ2v) is 8.04. The monoisotopic (exact) mass is 603 g/mol. The number of anilines is 1. The van der Waals surface area contributed by atoms with Crippen LogP contribution in [0.25, 0.3) is 6.08 Å². The van der Waals surface area contributed by atoms with Gasteiger partial charge in [-0.2, -0.15) is 13.2 Å². The molecule has 2 rings (SSSR count). The van der Waals surface area contributed by atoms with Crippen LogP contribution < -0.4 is 10.1 Å². The van der Waals surface area contributed by atoms with E-state index in [4.69, 9.17) is 4.74 Å². The van der Waals surface area contributed by atoms with E-state index in [2.05, 4.69) is 37.2 Å². The van der Waals surface area contributed by atoms with Crippen LogP contribution in [-0.2, 0) is 11.0 Å². The van der Waals surface area contributed by atoms with Crippen LogP contribution in [0, 0.1) is 3.57 Å². The largest absolute Gasteiger partial charge is 0.495 e. The van der Waals surface area contributed by atoms with Gasteiger partial charge < -0.3 is 10.1 Å². The highest BCUT2D eigenvalue weighted by atomic mass is 127. The molecular formula is C17H11Br2F3INO2. The zero-order valence-electron chi connectivity index (χ0n) is 13.1. The highest BCUT2D eigenvalue weighted by Crippen LogP contribution is 2.36. The van der Waals surface area contributed by atoms with Crippen molar-refractivity contribution in [1.82, 2.24) is 0 Å². The molecule has 0 fully saturated rings. The Morgan fingerprint density at radius 2 is 1.92 bits per heavy atom. The molecule has 138 valence electrons. The fourth-order valence-corrected chi connectivity index (χ4v) is 4.03. The summed E-state index contributed by atoms with van der Waals surface area (Å²) in [5.41, 5.74) is -0.605. The number of hydrogen-bond donors (Lipinski definition) is 1. The van der Waals surface area contributed by atoms with Gasteiger partial charge in [-0.05, 0) is 74.9 Å². The lowest BCUT2D eigenvalue weighted by Crippen LogP contribution is -2.15. The Balaban J connectivity index is 2.27. The van der Waals surface area contributed by atoms with Gasteiger partial charge in [-0.25, -0.2) is 0 Å². The molecule has 2 aromatic carbocycles. The van der Waals surface area contributed by atoms with Crippen molar-refractivity contribution in [2.24, 2.45) is 0 Å². The van der Waals surface area contributed by atoms with Gasteiger partial charge in [-0.3, -0.25) is 4.79 Å². The molecule has 1 N–H and O–H groups in total. The minimum absolute atomic E-state index is 0.296. The number of ether oxygens (including phenoxy) is 1. The maximum atomic E-state index is 13.1. The van der Waals surface area contributed by atoms with E-state index < -0.39 is 17.6 Å². The molecule has 1 amide bonds. The van der Waals surface area contributed by atoms with E-state index in [0.717, 1.165) is 16.6 Å². The molecule has 2 aromatic rings. The average molecular weight is 605 g/mol. The summed E-state index contributed by atoms with van der Waals surface area (Å²) in [5.74, 6) is -0.183. The van der Waals surface area contributed by atoms with Gasteiger partial charge in [0.25, 0.3) is 0 Å². The van der Waals surface area contributed by atoms with Gasteiger partial charge in [0.15, 0.2) is 0 Å². The first-order valence-electron chi connectivity index (χ1n) is 7.00. The van der Waals surface area contributed by atoms with Crippen molar-refractivity contribution in [3.8, 4) is 5.75 Å². The van der Waals surface area contributed by atoms with Crippen LogP contribution in [0.2, 0.25) is 0 Å². The summed E-state index contributed by atoms with van der Waals surface area (Å²) in [5, 5.41) is 2.27. The molecule has 0 saturated heterocycles. The van der Waals surface area contributed by atoms with Crippen LogP contribution in [0.1, 0.15) is 11.1 Å². The highest BCUT2D eigenvalue weighted by Gasteiger charge is 2.34. The van der Waals surface area contributed by atoms with Crippen molar-refractivity contribution >= 4 is 72.1 Å². The van der Waals surface area contributed by atoms with Gasteiger partial charge in [0, 0.05) is 19.7 Å². The van der Waals surface area contributed by atoms with Crippen LogP contribution in [0.15, 0.2) is 45.4 Å². The first-order valence-corrected chi connectivity index (χ1v) is 9.67. The summed E-state index contributed by atoms with van der Waals surface area (Å²) in [4.78, 5) is 12.1. The van der Waals surface area contributed by atoms with Crippen molar-refractivity contribution in [1.29, 1.82) is 0 Å². The number of carbonyl (C=O) groups excluding carboxylic acids is 1. The Morgan fingerprint density at radius 1 is 1.23 bits per heavy atom. The molecule has 3 nitrogen and oxygen atoms in total. The van der Waals surface area contributed by atoms with Crippen molar-refractivity contribution in [3.63, 3.8) is 0 Å². The molecule has 0 saturated carbocycles. The summed E-state index contributed by atoms with van der Waals surface area (Å²) in [6.07, 6.45) is -1.95. The fraction of sp³-hybridized carbons (Fsp3) is 0.118. The van der Waals surface area contributed by atoms with Crippen LogP contribution in [-0.4, -0.2) is 13.0 Å². The van der Waals surface area contributed by atoms with Crippen LogP contribution in [0.3, 0.4) is 0 Å². The molecule has 9 heteroatoms. The van der Waals surface area contributed by atoms with Crippen LogP contribution in [0.4, 0.5) is 18.9 Å². The fourth-order valence-electron chi connectivity index (χ4n) is 2.12. The normalized spacial score (nSPS) is 11.7. The van der Waals surface area contributed by atoms with E-state index in [0.29, 0.717) is 19.4 Å². The molecule has 0 bridgehead atoms. The maximum Gasteiger partial charge on any atom is 0.418 e. The van der Waals surface area contributed by atoms with Crippen LogP contribution >= 0.6 is 54.5 Å². The second kappa shape index (κ2) is 8.75. The lowest BCUT2D eigenvalue weighted by atomic mass is 10.1. The maximum absolute atomic E-state index is 13.1. The Labute approximate surface area is 178 Å². The van der Waals surface area contributed by atoms with E-state index in [1.165, 1.54) is 25.3 Å². The standard InChI is InChI=1S/C17H11Br2F3INO2/c1-26-16-9(6-10(18)7-13(16)19)2-5-15(25)24-14-4-3-11(23)8-12(14)17(20,21)22/h2-8H,1H3,(H,24,25). The summed E-state index contributed by atoms with van der Waals surface area (Å²) in [6, 6.07) is 7.20. The molecule has 0 aromatic heterocycles. The number of methoxy groups -OCH3 is 1. The number of hydrogen-bond acceptors (Lipinski definition) is 2. The van der Waals surface area contributed by atoms with E-state index >= 15 is 0 Å². The number of carbonyl (C=O) groups is 1. The molecule has 0 spiro atoms. The number of halogens is 6. The summed E-state index contributed by atoms with van der Waals surface area (Å²) in [7, 11) is 1.48. The second-order valence-electron chi connectivity index (χ2n) is 5.02. The number of benzene rings is 2. The average Bonchev–Trinajstić information content (AvgIpc) is 2.53. The molecular weight excluding hydrogens is 594 g/mol. The Hall–Kier alpha value is -1.07. The number of alkyl halides is 3. The van der Waals surface area contributed by atoms with Crippen molar-refractivity contribution in [2.75, 3.05) is 12.4 Å². The Bertz CT molecular complexity index is 870. The molecule has 0 heterocycles. The molecule has 0 aliphatic carbocycles. The smallest absolute Gasteiger partial charge is 0.418 e. The third kappa shape index (κ3) is 5.46. The van der Waals surface area contributed by atoms with E-state index in [-0.39, 0.29) is 5.69 Å². The summed E-state index contributed by atoms with van der Waals surface area (Å²) < 4.78 is 46.5. The van der Waals surface area contributed by atoms with Gasteiger partial charge >= 0.3 is 6.18 Å². The molecule has 0 aliphatic rings. The molecule has 0 radical (unpaired) electrons. The van der Waals surface area contributed by atoms with Gasteiger partial charge in [0.2, 0.25) is 5.91 Å². The Morgan fingerprint density at radius 3 is 2.54 bits per heavy atom.